The van der Waals surface area contributed by atoms with Gasteiger partial charge in [0.15, 0.2) is 17.2 Å². The van der Waals surface area contributed by atoms with Gasteiger partial charge in [-0.3, -0.25) is 14.5 Å². The first-order valence-electron chi connectivity index (χ1n) is 13.0. The minimum atomic E-state index is -0.300. The summed E-state index contributed by atoms with van der Waals surface area (Å²) >= 11 is 0. The van der Waals surface area contributed by atoms with Crippen molar-refractivity contribution in [2.24, 2.45) is 5.92 Å². The largest absolute Gasteiger partial charge is 0.466 e. The average Bonchev–Trinajstić information content (AvgIpc) is 3.58. The van der Waals surface area contributed by atoms with Crippen molar-refractivity contribution in [3.63, 3.8) is 0 Å². The van der Waals surface area contributed by atoms with Crippen LogP contribution in [0.5, 0.6) is 11.5 Å². The number of nitrogens with zero attached hydrogens (tertiary/aromatic N) is 3. The Labute approximate surface area is 222 Å². The lowest BCUT2D eigenvalue weighted by Gasteiger charge is -2.30. The number of fused-ring (bicyclic) bond motifs is 1. The third kappa shape index (κ3) is 6.16. The average molecular weight is 520 g/mol. The molecule has 5 rings (SSSR count). The maximum atomic E-state index is 13.2. The second kappa shape index (κ2) is 11.7. The van der Waals surface area contributed by atoms with Crippen LogP contribution in [0.3, 0.4) is 0 Å². The lowest BCUT2D eigenvalue weighted by atomic mass is 9.98. The molecule has 1 aromatic heterocycles. The molecule has 0 unspecified atom stereocenters. The van der Waals surface area contributed by atoms with Crippen LogP contribution < -0.4 is 9.47 Å². The number of piperidine rings is 1. The molecule has 0 N–H and O–H groups in total. The molecule has 0 spiro atoms. The highest BCUT2D eigenvalue weighted by Crippen LogP contribution is 2.33. The number of hydrogen-bond acceptors (Lipinski definition) is 8. The molecule has 2 aliphatic rings. The normalized spacial score (nSPS) is 16.6. The predicted octanol–water partition coefficient (Wildman–Crippen LogP) is 4.33. The standard InChI is InChI=1S/C29H33N3O6/c1-3-35-29(34)23-8-5-11-32(16-23)28(33)24-18-36-27(30-24)17-31(14-21-7-4-6-20(2)12-21)15-22-9-10-25-26(13-22)38-19-37-25/h4,6-7,9-10,12-13,18,23H,3,5,8,11,14-17,19H2,1-2H3/t23-/m0/s1. The molecule has 2 aliphatic heterocycles. The Hall–Kier alpha value is -3.85. The molecule has 38 heavy (non-hydrogen) atoms. The summed E-state index contributed by atoms with van der Waals surface area (Å²) in [6, 6.07) is 14.3. The van der Waals surface area contributed by atoms with Gasteiger partial charge >= 0.3 is 5.97 Å². The van der Waals surface area contributed by atoms with Gasteiger partial charge in [-0.1, -0.05) is 35.9 Å². The fraction of sp³-hybridized carbons (Fsp3) is 0.414. The summed E-state index contributed by atoms with van der Waals surface area (Å²) in [5, 5.41) is 0. The van der Waals surface area contributed by atoms with Crippen molar-refractivity contribution < 1.29 is 28.2 Å². The van der Waals surface area contributed by atoms with E-state index in [4.69, 9.17) is 18.6 Å². The van der Waals surface area contributed by atoms with Crippen LogP contribution in [-0.4, -0.2) is 53.1 Å². The van der Waals surface area contributed by atoms with Crippen LogP contribution in [0.2, 0.25) is 0 Å². The van der Waals surface area contributed by atoms with Gasteiger partial charge in [0.05, 0.1) is 19.1 Å². The van der Waals surface area contributed by atoms with E-state index in [2.05, 4.69) is 35.0 Å². The summed E-state index contributed by atoms with van der Waals surface area (Å²) in [6.45, 7) is 7.07. The molecule has 200 valence electrons. The Kier molecular flexibility index (Phi) is 7.93. The fourth-order valence-electron chi connectivity index (χ4n) is 4.98. The zero-order valence-corrected chi connectivity index (χ0v) is 21.9. The van der Waals surface area contributed by atoms with Crippen LogP contribution in [-0.2, 0) is 29.2 Å². The Morgan fingerprint density at radius 1 is 1.08 bits per heavy atom. The van der Waals surface area contributed by atoms with Crippen LogP contribution in [0.25, 0.3) is 0 Å². The van der Waals surface area contributed by atoms with E-state index in [1.54, 1.807) is 11.8 Å². The predicted molar refractivity (Wildman–Crippen MR) is 138 cm³/mol. The van der Waals surface area contributed by atoms with Crippen LogP contribution >= 0.6 is 0 Å². The van der Waals surface area contributed by atoms with E-state index in [0.29, 0.717) is 45.2 Å². The second-order valence-electron chi connectivity index (χ2n) is 9.79. The molecule has 1 amide bonds. The monoisotopic (exact) mass is 519 g/mol. The number of ether oxygens (including phenoxy) is 3. The number of aromatic nitrogens is 1. The highest BCUT2D eigenvalue weighted by atomic mass is 16.7. The number of oxazole rings is 1. The van der Waals surface area contributed by atoms with Crippen LogP contribution in [0.4, 0.5) is 0 Å². The molecule has 0 saturated carbocycles. The summed E-state index contributed by atoms with van der Waals surface area (Å²) in [5.74, 6) is 1.17. The molecule has 0 aliphatic carbocycles. The van der Waals surface area contributed by atoms with Gasteiger partial charge in [0.25, 0.3) is 5.91 Å². The topological polar surface area (TPSA) is 94.3 Å². The first-order chi connectivity index (χ1) is 18.5. The van der Waals surface area contributed by atoms with Gasteiger partial charge in [-0.25, -0.2) is 4.98 Å². The third-order valence-electron chi connectivity index (χ3n) is 6.79. The minimum absolute atomic E-state index is 0.227. The van der Waals surface area contributed by atoms with Gasteiger partial charge in [-0.2, -0.15) is 0 Å². The Morgan fingerprint density at radius 3 is 2.71 bits per heavy atom. The molecule has 0 radical (unpaired) electrons. The lowest BCUT2D eigenvalue weighted by molar-refractivity contribution is -0.149. The van der Waals surface area contributed by atoms with Crippen LogP contribution in [0.1, 0.15) is 52.8 Å². The number of rotatable bonds is 9. The Morgan fingerprint density at radius 2 is 1.89 bits per heavy atom. The molecule has 1 fully saturated rings. The van der Waals surface area contributed by atoms with E-state index in [0.717, 1.165) is 29.9 Å². The van der Waals surface area contributed by atoms with E-state index < -0.39 is 0 Å². The van der Waals surface area contributed by atoms with E-state index in [-0.39, 0.29) is 30.3 Å². The molecule has 1 saturated heterocycles. The van der Waals surface area contributed by atoms with E-state index in [1.807, 2.05) is 24.3 Å². The van der Waals surface area contributed by atoms with Gasteiger partial charge in [-0.05, 0) is 49.9 Å². The van der Waals surface area contributed by atoms with Gasteiger partial charge < -0.3 is 23.5 Å². The SMILES string of the molecule is CCOC(=O)[C@H]1CCCN(C(=O)c2coc(CN(Cc3cccc(C)c3)Cc3ccc4c(c3)OCO4)n2)C1. The van der Waals surface area contributed by atoms with E-state index in [1.165, 1.54) is 17.4 Å². The molecule has 2 aromatic carbocycles. The third-order valence-corrected chi connectivity index (χ3v) is 6.79. The van der Waals surface area contributed by atoms with Crippen molar-refractivity contribution >= 4 is 11.9 Å². The smallest absolute Gasteiger partial charge is 0.310 e. The zero-order chi connectivity index (χ0) is 26.5. The molecule has 1 atom stereocenters. The number of aryl methyl sites for hydroxylation is 1. The number of hydrogen-bond donors (Lipinski definition) is 0. The highest BCUT2D eigenvalue weighted by Gasteiger charge is 2.31. The van der Waals surface area contributed by atoms with Crippen molar-refractivity contribution in [1.29, 1.82) is 0 Å². The fourth-order valence-corrected chi connectivity index (χ4v) is 4.98. The number of likely N-dealkylation sites (tertiary alicyclic amines) is 1. The van der Waals surface area contributed by atoms with Crippen molar-refractivity contribution in [3.05, 3.63) is 77.0 Å². The molecule has 3 heterocycles. The summed E-state index contributed by atoms with van der Waals surface area (Å²) in [7, 11) is 0. The van der Waals surface area contributed by atoms with Gasteiger partial charge in [0.2, 0.25) is 12.7 Å². The molecular weight excluding hydrogens is 486 g/mol. The Balaban J connectivity index is 1.29. The molecule has 9 nitrogen and oxygen atoms in total. The summed E-state index contributed by atoms with van der Waals surface area (Å²) in [5.41, 5.74) is 3.69. The highest BCUT2D eigenvalue weighted by molar-refractivity contribution is 5.92. The Bertz CT molecular complexity index is 1290. The van der Waals surface area contributed by atoms with Gasteiger partial charge in [-0.15, -0.1) is 0 Å². The van der Waals surface area contributed by atoms with Crippen molar-refractivity contribution in [2.75, 3.05) is 26.5 Å². The minimum Gasteiger partial charge on any atom is -0.466 e. The quantitative estimate of drug-likeness (QED) is 0.386. The maximum Gasteiger partial charge on any atom is 0.310 e. The molecule has 9 heteroatoms. The maximum absolute atomic E-state index is 13.2. The molecular formula is C29H33N3O6. The van der Waals surface area contributed by atoms with Crippen LogP contribution in [0.15, 0.2) is 53.1 Å². The number of carbonyl (C=O) groups is 2. The van der Waals surface area contributed by atoms with E-state index in [9.17, 15) is 9.59 Å². The van der Waals surface area contributed by atoms with Gasteiger partial charge in [0, 0.05) is 26.2 Å². The summed E-state index contributed by atoms with van der Waals surface area (Å²) < 4.78 is 21.9. The second-order valence-corrected chi connectivity index (χ2v) is 9.79. The summed E-state index contributed by atoms with van der Waals surface area (Å²) in [6.07, 6.45) is 2.89. The number of amides is 1. The molecule has 3 aromatic rings. The first kappa shape index (κ1) is 25.8. The van der Waals surface area contributed by atoms with Crippen molar-refractivity contribution in [3.8, 4) is 11.5 Å². The number of benzene rings is 2. The zero-order valence-electron chi connectivity index (χ0n) is 21.9. The van der Waals surface area contributed by atoms with Crippen molar-refractivity contribution in [2.45, 2.75) is 46.3 Å². The van der Waals surface area contributed by atoms with Gasteiger partial charge in [0.1, 0.15) is 6.26 Å². The summed E-state index contributed by atoms with van der Waals surface area (Å²) in [4.78, 5) is 33.8. The van der Waals surface area contributed by atoms with Crippen LogP contribution in [0, 0.1) is 12.8 Å². The number of esters is 1. The van der Waals surface area contributed by atoms with E-state index >= 15 is 0 Å². The first-order valence-corrected chi connectivity index (χ1v) is 13.0. The molecule has 0 bridgehead atoms. The van der Waals surface area contributed by atoms with Crippen molar-refractivity contribution in [1.82, 2.24) is 14.8 Å². The number of carbonyl (C=O) groups excluding carboxylic acids is 2. The lowest BCUT2D eigenvalue weighted by Crippen LogP contribution is -2.43.